The number of carbonyl (C=O) groups excluding carboxylic acids is 3. The summed E-state index contributed by atoms with van der Waals surface area (Å²) in [7, 11) is 1.61. The number of benzene rings is 2. The number of hydrogen-bond acceptors (Lipinski definition) is 5. The number of hydrogen-bond donors (Lipinski definition) is 2. The van der Waals surface area contributed by atoms with Gasteiger partial charge in [0.15, 0.2) is 0 Å². The number of ether oxygens (including phenoxy) is 1. The number of likely N-dealkylation sites (tertiary alicyclic amines) is 1. The van der Waals surface area contributed by atoms with Crippen LogP contribution in [0.15, 0.2) is 54.6 Å². The molecule has 8 heteroatoms. The van der Waals surface area contributed by atoms with E-state index in [4.69, 9.17) is 4.74 Å². The minimum atomic E-state index is -0.822. The summed E-state index contributed by atoms with van der Waals surface area (Å²) in [4.78, 5) is 42.3. The van der Waals surface area contributed by atoms with Gasteiger partial charge in [0.2, 0.25) is 5.91 Å². The van der Waals surface area contributed by atoms with Crippen molar-refractivity contribution in [1.29, 1.82) is 0 Å². The Hall–Kier alpha value is -3.39. The fourth-order valence-corrected chi connectivity index (χ4v) is 5.39. The van der Waals surface area contributed by atoms with Crippen molar-refractivity contribution in [1.82, 2.24) is 20.4 Å². The van der Waals surface area contributed by atoms with Crippen molar-refractivity contribution >= 4 is 17.8 Å². The van der Waals surface area contributed by atoms with E-state index in [1.807, 2.05) is 42.5 Å². The van der Waals surface area contributed by atoms with Gasteiger partial charge >= 0.3 is 6.03 Å². The SMILES string of the molecule is COc1ccc(CN2C(=O)NC3(CCN(CC[C@H](NC(=O)CC4CC4)c4ccccc4)CC3)C2=O)cc1. The van der Waals surface area contributed by atoms with E-state index < -0.39 is 5.54 Å². The maximum Gasteiger partial charge on any atom is 0.325 e. The number of imide groups is 1. The summed E-state index contributed by atoms with van der Waals surface area (Å²) < 4.78 is 5.19. The van der Waals surface area contributed by atoms with E-state index >= 15 is 0 Å². The second-order valence-electron chi connectivity index (χ2n) is 10.6. The van der Waals surface area contributed by atoms with E-state index in [1.165, 1.54) is 4.90 Å². The zero-order chi connectivity index (χ0) is 25.8. The van der Waals surface area contributed by atoms with Gasteiger partial charge in [0.05, 0.1) is 19.7 Å². The second kappa shape index (κ2) is 10.9. The first-order valence-corrected chi connectivity index (χ1v) is 13.3. The smallest absolute Gasteiger partial charge is 0.325 e. The highest BCUT2D eigenvalue weighted by Gasteiger charge is 2.52. The van der Waals surface area contributed by atoms with Gasteiger partial charge in [-0.3, -0.25) is 14.5 Å². The highest BCUT2D eigenvalue weighted by Crippen LogP contribution is 2.33. The Kier molecular flexibility index (Phi) is 7.46. The van der Waals surface area contributed by atoms with Crippen molar-refractivity contribution in [2.24, 2.45) is 5.92 Å². The molecule has 0 unspecified atom stereocenters. The van der Waals surface area contributed by atoms with E-state index in [0.29, 0.717) is 25.2 Å². The Balaban J connectivity index is 1.15. The maximum atomic E-state index is 13.3. The standard InChI is InChI=1S/C29H36N4O4/c1-37-24-11-9-22(10-12-24)20-33-27(35)29(31-28(33)36)14-17-32(18-15-29)16-13-25(23-5-3-2-4-6-23)30-26(34)19-21-7-8-21/h2-6,9-12,21,25H,7-8,13-20H2,1H3,(H,30,34)(H,31,36)/t25-/m0/s1. The molecule has 2 aromatic carbocycles. The lowest BCUT2D eigenvalue weighted by atomic mass is 9.87. The molecule has 2 N–H and O–H groups in total. The fourth-order valence-electron chi connectivity index (χ4n) is 5.39. The van der Waals surface area contributed by atoms with E-state index in [9.17, 15) is 14.4 Å². The number of methoxy groups -OCH3 is 1. The third-order valence-corrected chi connectivity index (χ3v) is 7.90. The van der Waals surface area contributed by atoms with Crippen molar-refractivity contribution in [3.63, 3.8) is 0 Å². The molecule has 37 heavy (non-hydrogen) atoms. The van der Waals surface area contributed by atoms with Crippen molar-refractivity contribution in [3.05, 3.63) is 65.7 Å². The molecule has 3 aliphatic rings. The Morgan fingerprint density at radius 1 is 1.08 bits per heavy atom. The third kappa shape index (κ3) is 5.96. The van der Waals surface area contributed by atoms with Gasteiger partial charge in [-0.2, -0.15) is 0 Å². The number of nitrogens with one attached hydrogen (secondary N) is 2. The summed E-state index contributed by atoms with van der Waals surface area (Å²) in [5, 5.41) is 6.25. The first-order chi connectivity index (χ1) is 18.0. The van der Waals surface area contributed by atoms with Crippen molar-refractivity contribution in [2.75, 3.05) is 26.7 Å². The van der Waals surface area contributed by atoms with Crippen molar-refractivity contribution in [3.8, 4) is 5.75 Å². The summed E-state index contributed by atoms with van der Waals surface area (Å²) >= 11 is 0. The number of amides is 4. The molecular formula is C29H36N4O4. The topological polar surface area (TPSA) is 91.0 Å². The number of carbonyl (C=O) groups is 3. The molecule has 2 aliphatic heterocycles. The van der Waals surface area contributed by atoms with Gasteiger partial charge < -0.3 is 20.3 Å². The summed E-state index contributed by atoms with van der Waals surface area (Å²) in [6.07, 6.45) is 4.90. The summed E-state index contributed by atoms with van der Waals surface area (Å²) in [6, 6.07) is 17.2. The Morgan fingerprint density at radius 3 is 2.43 bits per heavy atom. The number of urea groups is 1. The molecule has 0 aromatic heterocycles. The van der Waals surface area contributed by atoms with Crippen LogP contribution in [0.25, 0.3) is 0 Å². The van der Waals surface area contributed by atoms with Crippen LogP contribution in [0.2, 0.25) is 0 Å². The van der Waals surface area contributed by atoms with Crippen LogP contribution in [-0.4, -0.2) is 59.9 Å². The highest BCUT2D eigenvalue weighted by atomic mass is 16.5. The van der Waals surface area contributed by atoms with Crippen LogP contribution in [0.1, 0.15) is 55.7 Å². The van der Waals surface area contributed by atoms with Crippen LogP contribution >= 0.6 is 0 Å². The largest absolute Gasteiger partial charge is 0.497 e. The molecule has 2 aromatic rings. The van der Waals surface area contributed by atoms with Gasteiger partial charge in [-0.25, -0.2) is 4.79 Å². The molecule has 8 nitrogen and oxygen atoms in total. The van der Waals surface area contributed by atoms with Crippen molar-refractivity contribution in [2.45, 2.75) is 56.7 Å². The average Bonchev–Trinajstić information content (AvgIpc) is 3.71. The first kappa shape index (κ1) is 25.3. The first-order valence-electron chi connectivity index (χ1n) is 13.3. The number of nitrogens with zero attached hydrogens (tertiary/aromatic N) is 2. The lowest BCUT2D eigenvalue weighted by Crippen LogP contribution is -2.55. The maximum absolute atomic E-state index is 13.3. The predicted molar refractivity (Wildman–Crippen MR) is 140 cm³/mol. The summed E-state index contributed by atoms with van der Waals surface area (Å²) in [6.45, 7) is 2.51. The van der Waals surface area contributed by atoms with Gasteiger partial charge in [0, 0.05) is 26.1 Å². The molecule has 0 radical (unpaired) electrons. The molecule has 2 heterocycles. The number of piperidine rings is 1. The fraction of sp³-hybridized carbons (Fsp3) is 0.483. The van der Waals surface area contributed by atoms with Crippen LogP contribution in [0.3, 0.4) is 0 Å². The molecule has 1 atom stereocenters. The minimum Gasteiger partial charge on any atom is -0.497 e. The van der Waals surface area contributed by atoms with E-state index in [1.54, 1.807) is 7.11 Å². The van der Waals surface area contributed by atoms with E-state index in [0.717, 1.165) is 55.8 Å². The van der Waals surface area contributed by atoms with Gasteiger partial charge in [-0.05, 0) is 61.3 Å². The van der Waals surface area contributed by atoms with Crippen LogP contribution in [-0.2, 0) is 16.1 Å². The summed E-state index contributed by atoms with van der Waals surface area (Å²) in [5.41, 5.74) is 1.18. The predicted octanol–water partition coefficient (Wildman–Crippen LogP) is 3.63. The molecule has 1 saturated carbocycles. The normalized spacial score (nSPS) is 20.1. The van der Waals surface area contributed by atoms with Gasteiger partial charge in [-0.15, -0.1) is 0 Å². The third-order valence-electron chi connectivity index (χ3n) is 7.90. The van der Waals surface area contributed by atoms with Crippen LogP contribution in [0, 0.1) is 5.92 Å². The quantitative estimate of drug-likeness (QED) is 0.482. The molecule has 2 saturated heterocycles. The van der Waals surface area contributed by atoms with Crippen LogP contribution < -0.4 is 15.4 Å². The van der Waals surface area contributed by atoms with Crippen LogP contribution in [0.5, 0.6) is 5.75 Å². The Labute approximate surface area is 218 Å². The molecule has 5 rings (SSSR count). The molecule has 0 bridgehead atoms. The van der Waals surface area contributed by atoms with E-state index in [2.05, 4.69) is 27.7 Å². The molecule has 4 amide bonds. The molecule has 3 fully saturated rings. The van der Waals surface area contributed by atoms with Crippen LogP contribution in [0.4, 0.5) is 4.79 Å². The summed E-state index contributed by atoms with van der Waals surface area (Å²) in [5.74, 6) is 1.28. The lowest BCUT2D eigenvalue weighted by molar-refractivity contribution is -0.133. The Bertz CT molecular complexity index is 1110. The zero-order valence-corrected chi connectivity index (χ0v) is 21.4. The zero-order valence-electron chi connectivity index (χ0n) is 21.4. The molecule has 1 spiro atoms. The second-order valence-corrected chi connectivity index (χ2v) is 10.6. The monoisotopic (exact) mass is 504 g/mol. The highest BCUT2D eigenvalue weighted by molar-refractivity contribution is 6.07. The lowest BCUT2D eigenvalue weighted by Gasteiger charge is -2.37. The van der Waals surface area contributed by atoms with Gasteiger partial charge in [-0.1, -0.05) is 42.5 Å². The molecule has 196 valence electrons. The average molecular weight is 505 g/mol. The Morgan fingerprint density at radius 2 is 1.78 bits per heavy atom. The van der Waals surface area contributed by atoms with Gasteiger partial charge in [0.1, 0.15) is 11.3 Å². The molecular weight excluding hydrogens is 468 g/mol. The molecule has 1 aliphatic carbocycles. The minimum absolute atomic E-state index is 0.0314. The van der Waals surface area contributed by atoms with E-state index in [-0.39, 0.29) is 30.4 Å². The van der Waals surface area contributed by atoms with Gasteiger partial charge in [0.25, 0.3) is 5.91 Å². The number of rotatable bonds is 10. The van der Waals surface area contributed by atoms with Crippen molar-refractivity contribution < 1.29 is 19.1 Å².